The fourth-order valence-corrected chi connectivity index (χ4v) is 1.90. The Morgan fingerprint density at radius 1 is 1.56 bits per heavy atom. The van der Waals surface area contributed by atoms with E-state index in [2.05, 4.69) is 10.3 Å². The minimum atomic E-state index is -1.13. The predicted octanol–water partition coefficient (Wildman–Crippen LogP) is 1.14. The number of carbonyl (C=O) groups is 2. The lowest BCUT2D eigenvalue weighted by Gasteiger charge is -2.14. The molecule has 0 aliphatic carbocycles. The quantitative estimate of drug-likeness (QED) is 0.839. The molecule has 2 unspecified atom stereocenters. The molecule has 1 aromatic heterocycles. The zero-order valence-corrected chi connectivity index (χ0v) is 9.92. The first-order chi connectivity index (χ1) is 8.59. The van der Waals surface area contributed by atoms with Gasteiger partial charge in [-0.15, -0.1) is 0 Å². The van der Waals surface area contributed by atoms with Gasteiger partial charge in [0.25, 0.3) is 5.91 Å². The van der Waals surface area contributed by atoms with E-state index in [4.69, 9.17) is 9.84 Å². The first kappa shape index (κ1) is 12.5. The highest BCUT2D eigenvalue weighted by molar-refractivity contribution is 6.00. The molecule has 1 amide bonds. The van der Waals surface area contributed by atoms with Crippen molar-refractivity contribution in [1.82, 2.24) is 4.98 Å². The molecule has 2 rings (SSSR count). The van der Waals surface area contributed by atoms with Crippen LogP contribution in [0.5, 0.6) is 0 Å². The van der Waals surface area contributed by atoms with E-state index in [9.17, 15) is 9.59 Å². The number of anilines is 1. The maximum atomic E-state index is 11.9. The van der Waals surface area contributed by atoms with Crippen LogP contribution in [0.25, 0.3) is 0 Å². The van der Waals surface area contributed by atoms with Crippen LogP contribution in [0, 0.1) is 5.92 Å². The Kier molecular flexibility index (Phi) is 3.57. The van der Waals surface area contributed by atoms with Crippen molar-refractivity contribution < 1.29 is 19.4 Å². The number of rotatable bonds is 3. The van der Waals surface area contributed by atoms with Gasteiger partial charge < -0.3 is 15.2 Å². The second-order valence-corrected chi connectivity index (χ2v) is 4.25. The molecule has 6 nitrogen and oxygen atoms in total. The maximum Gasteiger partial charge on any atom is 0.339 e. The van der Waals surface area contributed by atoms with Gasteiger partial charge in [0.05, 0.1) is 0 Å². The number of aromatic nitrogens is 1. The summed E-state index contributed by atoms with van der Waals surface area (Å²) in [5.41, 5.74) is -0.0310. The van der Waals surface area contributed by atoms with Crippen molar-refractivity contribution in [1.29, 1.82) is 0 Å². The van der Waals surface area contributed by atoms with Crippen LogP contribution >= 0.6 is 0 Å². The minimum Gasteiger partial charge on any atom is -0.478 e. The average Bonchev–Trinajstić information content (AvgIpc) is 2.76. The minimum absolute atomic E-state index is 0.0310. The molecule has 1 aromatic rings. The Morgan fingerprint density at radius 2 is 2.33 bits per heavy atom. The Bertz CT molecular complexity index is 475. The lowest BCUT2D eigenvalue weighted by molar-refractivity contribution is -0.126. The molecule has 6 heteroatoms. The summed E-state index contributed by atoms with van der Waals surface area (Å²) in [6.07, 6.45) is 1.72. The van der Waals surface area contributed by atoms with Crippen LogP contribution in [-0.4, -0.2) is 34.7 Å². The molecule has 1 fully saturated rings. The zero-order valence-electron chi connectivity index (χ0n) is 9.92. The first-order valence-electron chi connectivity index (χ1n) is 5.70. The van der Waals surface area contributed by atoms with Gasteiger partial charge in [0, 0.05) is 12.8 Å². The van der Waals surface area contributed by atoms with Crippen molar-refractivity contribution in [3.63, 3.8) is 0 Å². The smallest absolute Gasteiger partial charge is 0.339 e. The molecular weight excluding hydrogens is 236 g/mol. The molecule has 0 aromatic carbocycles. The number of hydrogen-bond acceptors (Lipinski definition) is 4. The van der Waals surface area contributed by atoms with E-state index in [0.717, 1.165) is 6.42 Å². The number of pyridine rings is 1. The molecule has 2 heterocycles. The third-order valence-corrected chi connectivity index (χ3v) is 2.93. The topological polar surface area (TPSA) is 88.5 Å². The van der Waals surface area contributed by atoms with Crippen molar-refractivity contribution in [3.8, 4) is 0 Å². The van der Waals surface area contributed by atoms with Gasteiger partial charge >= 0.3 is 5.97 Å². The van der Waals surface area contributed by atoms with Crippen LogP contribution in [0.4, 0.5) is 5.82 Å². The second kappa shape index (κ2) is 5.14. The summed E-state index contributed by atoms with van der Waals surface area (Å²) >= 11 is 0. The summed E-state index contributed by atoms with van der Waals surface area (Å²) in [5.74, 6) is -1.29. The number of aromatic carboxylic acids is 1. The SMILES string of the molecule is CC1CCOC1C(=O)Nc1ncccc1C(=O)O. The van der Waals surface area contributed by atoms with Crippen LogP contribution in [0.15, 0.2) is 18.3 Å². The molecule has 2 N–H and O–H groups in total. The van der Waals surface area contributed by atoms with E-state index in [1.807, 2.05) is 6.92 Å². The van der Waals surface area contributed by atoms with Crippen LogP contribution < -0.4 is 5.32 Å². The van der Waals surface area contributed by atoms with Gasteiger partial charge in [0.1, 0.15) is 17.5 Å². The van der Waals surface area contributed by atoms with Crippen molar-refractivity contribution >= 4 is 17.7 Å². The van der Waals surface area contributed by atoms with Gasteiger partial charge in [-0.1, -0.05) is 6.92 Å². The fraction of sp³-hybridized carbons (Fsp3) is 0.417. The third-order valence-electron chi connectivity index (χ3n) is 2.93. The number of ether oxygens (including phenoxy) is 1. The highest BCUT2D eigenvalue weighted by Crippen LogP contribution is 2.22. The lowest BCUT2D eigenvalue weighted by Crippen LogP contribution is -2.32. The van der Waals surface area contributed by atoms with E-state index in [1.54, 1.807) is 0 Å². The van der Waals surface area contributed by atoms with Crippen LogP contribution in [0.2, 0.25) is 0 Å². The molecule has 1 aliphatic heterocycles. The maximum absolute atomic E-state index is 11.9. The summed E-state index contributed by atoms with van der Waals surface area (Å²) in [4.78, 5) is 26.8. The Hall–Kier alpha value is -1.95. The second-order valence-electron chi connectivity index (χ2n) is 4.25. The standard InChI is InChI=1S/C12H14N2O4/c1-7-4-6-18-9(7)11(15)14-10-8(12(16)17)3-2-5-13-10/h2-3,5,7,9H,4,6H2,1H3,(H,16,17)(H,13,14,15). The molecule has 1 saturated heterocycles. The van der Waals surface area contributed by atoms with Gasteiger partial charge in [-0.2, -0.15) is 0 Å². The number of nitrogens with zero attached hydrogens (tertiary/aromatic N) is 1. The monoisotopic (exact) mass is 250 g/mol. The Balaban J connectivity index is 2.14. The number of hydrogen-bond donors (Lipinski definition) is 2. The van der Waals surface area contributed by atoms with Crippen molar-refractivity contribution in [2.24, 2.45) is 5.92 Å². The van der Waals surface area contributed by atoms with Crippen molar-refractivity contribution in [3.05, 3.63) is 23.9 Å². The van der Waals surface area contributed by atoms with Gasteiger partial charge in [0.15, 0.2) is 0 Å². The molecule has 2 atom stereocenters. The molecule has 0 bridgehead atoms. The van der Waals surface area contributed by atoms with Gasteiger partial charge in [-0.25, -0.2) is 9.78 Å². The molecule has 0 spiro atoms. The Labute approximate surface area is 104 Å². The number of amides is 1. The Morgan fingerprint density at radius 3 is 2.94 bits per heavy atom. The van der Waals surface area contributed by atoms with Crippen molar-refractivity contribution in [2.45, 2.75) is 19.4 Å². The van der Waals surface area contributed by atoms with Crippen LogP contribution in [0.3, 0.4) is 0 Å². The summed E-state index contributed by atoms with van der Waals surface area (Å²) in [6.45, 7) is 2.47. The van der Waals surface area contributed by atoms with E-state index in [-0.39, 0.29) is 23.2 Å². The molecule has 1 aliphatic rings. The molecule has 18 heavy (non-hydrogen) atoms. The third kappa shape index (κ3) is 2.48. The summed E-state index contributed by atoms with van der Waals surface area (Å²) in [5, 5.41) is 11.5. The number of nitrogens with one attached hydrogen (secondary N) is 1. The normalized spacial score (nSPS) is 22.7. The van der Waals surface area contributed by atoms with Gasteiger partial charge in [-0.05, 0) is 24.5 Å². The van der Waals surface area contributed by atoms with Crippen LogP contribution in [-0.2, 0) is 9.53 Å². The molecule has 0 radical (unpaired) electrons. The molecular formula is C12H14N2O4. The summed E-state index contributed by atoms with van der Waals surface area (Å²) in [6, 6.07) is 2.90. The number of carboxylic acids is 1. The zero-order chi connectivity index (χ0) is 13.1. The van der Waals surface area contributed by atoms with E-state index in [1.165, 1.54) is 18.3 Å². The largest absolute Gasteiger partial charge is 0.478 e. The van der Waals surface area contributed by atoms with E-state index >= 15 is 0 Å². The number of carboxylic acid groups (broad SMARTS) is 1. The molecule has 0 saturated carbocycles. The van der Waals surface area contributed by atoms with Gasteiger partial charge in [-0.3, -0.25) is 4.79 Å². The van der Waals surface area contributed by atoms with Gasteiger partial charge in [0.2, 0.25) is 0 Å². The first-order valence-corrected chi connectivity index (χ1v) is 5.70. The lowest BCUT2D eigenvalue weighted by atomic mass is 10.0. The number of carbonyl (C=O) groups excluding carboxylic acids is 1. The predicted molar refractivity (Wildman–Crippen MR) is 63.3 cm³/mol. The van der Waals surface area contributed by atoms with E-state index in [0.29, 0.717) is 6.61 Å². The molecule has 96 valence electrons. The van der Waals surface area contributed by atoms with Crippen LogP contribution in [0.1, 0.15) is 23.7 Å². The summed E-state index contributed by atoms with van der Waals surface area (Å²) in [7, 11) is 0. The average molecular weight is 250 g/mol. The van der Waals surface area contributed by atoms with Crippen molar-refractivity contribution in [2.75, 3.05) is 11.9 Å². The van der Waals surface area contributed by atoms with E-state index < -0.39 is 12.1 Å². The summed E-state index contributed by atoms with van der Waals surface area (Å²) < 4.78 is 5.31. The fourth-order valence-electron chi connectivity index (χ4n) is 1.90. The highest BCUT2D eigenvalue weighted by Gasteiger charge is 2.31. The highest BCUT2D eigenvalue weighted by atomic mass is 16.5.